The van der Waals surface area contributed by atoms with Crippen molar-refractivity contribution in [1.29, 1.82) is 0 Å². The van der Waals surface area contributed by atoms with Gasteiger partial charge in [-0.05, 0) is 155 Å². The number of fused-ring (bicyclic) bond motifs is 3. The van der Waals surface area contributed by atoms with Crippen LogP contribution in [0.5, 0.6) is 5.88 Å². The average molecular weight is 1100 g/mol. The number of pyridine rings is 1. The number of ether oxygens (including phenoxy) is 3. The summed E-state index contributed by atoms with van der Waals surface area (Å²) in [5.41, 5.74) is 4.96. The van der Waals surface area contributed by atoms with Crippen molar-refractivity contribution in [3.8, 4) is 5.88 Å². The van der Waals surface area contributed by atoms with Crippen LogP contribution in [0.4, 0.5) is 28.4 Å². The largest absolute Gasteiger partial charge is 0.468 e. The topological polar surface area (TPSA) is 208 Å². The number of benzene rings is 3. The molecule has 422 valence electrons. The number of rotatable bonds is 13. The average Bonchev–Trinajstić information content (AvgIpc) is 4.02. The highest BCUT2D eigenvalue weighted by atomic mass is 32.2. The number of aromatic amines is 1. The molecule has 7 heterocycles. The second kappa shape index (κ2) is 21.2. The van der Waals surface area contributed by atoms with E-state index in [0.29, 0.717) is 79.9 Å². The van der Waals surface area contributed by atoms with Crippen molar-refractivity contribution in [3.05, 3.63) is 106 Å². The molecule has 3 aromatic carbocycles. The van der Waals surface area contributed by atoms with Crippen LogP contribution in [0.1, 0.15) is 126 Å². The summed E-state index contributed by atoms with van der Waals surface area (Å²) in [6.45, 7) is 16.4. The number of nitrogens with zero attached hydrogens (tertiary/aromatic N) is 6. The van der Waals surface area contributed by atoms with E-state index in [1.54, 1.807) is 6.07 Å². The molecule has 19 heteroatoms. The third-order valence-corrected chi connectivity index (χ3v) is 20.6. The van der Waals surface area contributed by atoms with Crippen LogP contribution in [0.25, 0.3) is 11.0 Å². The summed E-state index contributed by atoms with van der Waals surface area (Å²) in [7, 11) is -4.63. The number of aliphatic hydroxyl groups is 1. The van der Waals surface area contributed by atoms with Gasteiger partial charge in [-0.25, -0.2) is 13.1 Å². The number of nitro benzene ring substituents is 1. The van der Waals surface area contributed by atoms with Crippen molar-refractivity contribution in [2.75, 3.05) is 80.8 Å². The van der Waals surface area contributed by atoms with Crippen LogP contribution in [0, 0.1) is 21.4 Å². The molecule has 0 radical (unpaired) electrons. The van der Waals surface area contributed by atoms with Gasteiger partial charge in [0.2, 0.25) is 5.88 Å². The van der Waals surface area contributed by atoms with Gasteiger partial charge in [0.1, 0.15) is 23.1 Å². The summed E-state index contributed by atoms with van der Waals surface area (Å²) in [4.78, 5) is 44.4. The molecule has 12 rings (SSSR count). The first kappa shape index (κ1) is 53.8. The van der Waals surface area contributed by atoms with Gasteiger partial charge in [0.25, 0.3) is 21.6 Å². The Morgan fingerprint density at radius 3 is 2.42 bits per heavy atom. The third-order valence-electron chi connectivity index (χ3n) is 19.3. The highest BCUT2D eigenvalue weighted by Crippen LogP contribution is 2.56. The molecule has 2 aromatic heterocycles. The van der Waals surface area contributed by atoms with Gasteiger partial charge in [-0.1, -0.05) is 38.1 Å². The molecule has 7 aliphatic rings. The van der Waals surface area contributed by atoms with Crippen LogP contribution in [-0.4, -0.2) is 140 Å². The van der Waals surface area contributed by atoms with Gasteiger partial charge in [0, 0.05) is 86.8 Å². The Kier molecular flexibility index (Phi) is 14.5. The number of sulfonamides is 1. The number of anilines is 4. The zero-order valence-electron chi connectivity index (χ0n) is 46.1. The van der Waals surface area contributed by atoms with E-state index in [1.165, 1.54) is 29.7 Å². The zero-order valence-corrected chi connectivity index (χ0v) is 46.9. The van der Waals surface area contributed by atoms with Gasteiger partial charge in [-0.2, -0.15) is 4.98 Å². The Morgan fingerprint density at radius 2 is 1.66 bits per heavy atom. The summed E-state index contributed by atoms with van der Waals surface area (Å²) in [5, 5.41) is 26.9. The zero-order chi connectivity index (χ0) is 54.8. The highest BCUT2D eigenvalue weighted by Gasteiger charge is 2.54. The molecule has 0 bridgehead atoms. The minimum atomic E-state index is -4.63. The summed E-state index contributed by atoms with van der Waals surface area (Å²) in [5.74, 6) is 0.122. The molecule has 2 saturated carbocycles. The number of likely N-dealkylation sites (tertiary alicyclic amines) is 1. The number of amides is 1. The molecule has 2 aliphatic carbocycles. The Balaban J connectivity index is 0.818. The van der Waals surface area contributed by atoms with Crippen molar-refractivity contribution < 1.29 is 37.5 Å². The van der Waals surface area contributed by atoms with Gasteiger partial charge in [-0.15, -0.1) is 0 Å². The lowest BCUT2D eigenvalue weighted by Crippen LogP contribution is -2.65. The maximum atomic E-state index is 14.8. The number of hydrogen-bond donors (Lipinski definition) is 4. The normalized spacial score (nSPS) is 27.7. The van der Waals surface area contributed by atoms with E-state index >= 15 is 0 Å². The first-order valence-corrected chi connectivity index (χ1v) is 30.4. The van der Waals surface area contributed by atoms with E-state index in [0.717, 1.165) is 108 Å². The Morgan fingerprint density at radius 1 is 0.886 bits per heavy atom. The summed E-state index contributed by atoms with van der Waals surface area (Å²) in [6, 6.07) is 23.1. The molecule has 4 atom stereocenters. The maximum absolute atomic E-state index is 14.8. The van der Waals surface area contributed by atoms with E-state index in [-0.39, 0.29) is 34.2 Å². The predicted molar refractivity (Wildman–Crippen MR) is 304 cm³/mol. The van der Waals surface area contributed by atoms with Gasteiger partial charge in [0.05, 0.1) is 52.5 Å². The van der Waals surface area contributed by atoms with E-state index < -0.39 is 43.1 Å². The smallest absolute Gasteiger partial charge is 0.293 e. The van der Waals surface area contributed by atoms with E-state index in [4.69, 9.17) is 19.2 Å². The SMILES string of the molecule is CC(C)c1ccccc1[C@]1(C)CC[C@H](N2CCOCC2)CN1C1CC2(CCN(c3ccc(C(=O)NS(=O)(=O)c4ccc(NCC5CCC(C)(O)CC5)c([N+](=O)[O-])c4)c(N4c5cc6cc[nH]c6nc5O[C@H]5COCC[C@@H]54)c3)CC2)C1. The number of morpholine rings is 1. The van der Waals surface area contributed by atoms with Crippen molar-refractivity contribution in [2.24, 2.45) is 11.3 Å². The second-order valence-corrected chi connectivity index (χ2v) is 26.3. The second-order valence-electron chi connectivity index (χ2n) is 24.6. The molecule has 5 aromatic rings. The molecule has 6 fully saturated rings. The lowest BCUT2D eigenvalue weighted by molar-refractivity contribution is -0.384. The van der Waals surface area contributed by atoms with Crippen LogP contribution in [0.3, 0.4) is 0 Å². The van der Waals surface area contributed by atoms with Gasteiger partial charge < -0.3 is 39.4 Å². The number of nitro groups is 1. The lowest BCUT2D eigenvalue weighted by atomic mass is 9.58. The molecule has 79 heavy (non-hydrogen) atoms. The molecular formula is C60H77N9O9S. The lowest BCUT2D eigenvalue weighted by Gasteiger charge is -2.62. The maximum Gasteiger partial charge on any atom is 0.293 e. The van der Waals surface area contributed by atoms with Gasteiger partial charge >= 0.3 is 0 Å². The van der Waals surface area contributed by atoms with Crippen molar-refractivity contribution in [2.45, 2.75) is 145 Å². The van der Waals surface area contributed by atoms with Crippen LogP contribution < -0.4 is 24.6 Å². The fraction of sp³-hybridized carbons (Fsp3) is 0.567. The Labute approximate surface area is 463 Å². The molecule has 4 saturated heterocycles. The Hall–Kier alpha value is -5.83. The number of piperidine rings is 2. The van der Waals surface area contributed by atoms with E-state index in [1.807, 2.05) is 37.4 Å². The number of carbonyl (C=O) groups excluding carboxylic acids is 1. The van der Waals surface area contributed by atoms with E-state index in [2.05, 4.69) is 79.7 Å². The third kappa shape index (κ3) is 10.5. The van der Waals surface area contributed by atoms with Crippen molar-refractivity contribution in [1.82, 2.24) is 24.5 Å². The molecule has 0 unspecified atom stereocenters. The summed E-state index contributed by atoms with van der Waals surface area (Å²) >= 11 is 0. The first-order chi connectivity index (χ1) is 38.0. The minimum absolute atomic E-state index is 0.0650. The van der Waals surface area contributed by atoms with Crippen LogP contribution in [0.15, 0.2) is 83.9 Å². The molecule has 4 N–H and O–H groups in total. The van der Waals surface area contributed by atoms with Gasteiger partial charge in [-0.3, -0.25) is 24.7 Å². The Bertz CT molecular complexity index is 3190. The molecule has 1 amide bonds. The van der Waals surface area contributed by atoms with E-state index in [9.17, 15) is 28.4 Å². The first-order valence-electron chi connectivity index (χ1n) is 28.9. The molecule has 1 spiro atoms. The van der Waals surface area contributed by atoms with Gasteiger partial charge in [0.15, 0.2) is 0 Å². The van der Waals surface area contributed by atoms with Crippen LogP contribution >= 0.6 is 0 Å². The standard InChI is InChI=1S/C60H77N9O9S/c1-39(2)46-7-5-6-8-48(46)59(4)20-15-43(66-26-29-76-30-27-66)37-67(59)44-34-60(35-44)21-24-65(25-22-60)42-9-11-47(51(32-42)68-50-17-28-77-38-54(50)78-57-53(68)31-41-16-23-61-55(41)63-57)56(70)64-79(74,75)45-10-12-49(52(33-45)69(72)73)62-36-40-13-18-58(3,71)19-14-40/h5-12,16,23,31-33,39-40,43-44,50,54,62,71H,13-15,17-22,24-30,34-38H2,1-4H3,(H,61,63)(H,64,70)/t40?,43-,50-,54-,58?,59-/m0/s1. The fourth-order valence-electron chi connectivity index (χ4n) is 14.5. The highest BCUT2D eigenvalue weighted by molar-refractivity contribution is 7.90. The molecule has 5 aliphatic heterocycles. The number of aromatic nitrogens is 2. The number of carbonyl (C=O) groups is 1. The van der Waals surface area contributed by atoms with Crippen LogP contribution in [0.2, 0.25) is 0 Å². The fourth-order valence-corrected chi connectivity index (χ4v) is 15.5. The number of hydrogen-bond acceptors (Lipinski definition) is 15. The van der Waals surface area contributed by atoms with Crippen molar-refractivity contribution >= 4 is 55.4 Å². The van der Waals surface area contributed by atoms with Crippen LogP contribution in [-0.2, 0) is 25.0 Å². The molecule has 18 nitrogen and oxygen atoms in total. The van der Waals surface area contributed by atoms with Crippen molar-refractivity contribution in [3.63, 3.8) is 0 Å². The number of nitrogens with one attached hydrogen (secondary N) is 3. The number of H-pyrrole nitrogens is 1. The summed E-state index contributed by atoms with van der Waals surface area (Å²) < 4.78 is 49.2. The molecular weight excluding hydrogens is 1020 g/mol. The quantitative estimate of drug-likeness (QED) is 0.0640. The minimum Gasteiger partial charge on any atom is -0.468 e. The monoisotopic (exact) mass is 1100 g/mol. The predicted octanol–water partition coefficient (Wildman–Crippen LogP) is 9.22. The summed E-state index contributed by atoms with van der Waals surface area (Å²) in [6.07, 6.45) is 11.4.